The van der Waals surface area contributed by atoms with E-state index < -0.39 is 5.97 Å². The van der Waals surface area contributed by atoms with Crippen LogP contribution in [0.1, 0.15) is 38.5 Å². The predicted octanol–water partition coefficient (Wildman–Crippen LogP) is 0.707. The van der Waals surface area contributed by atoms with E-state index in [2.05, 4.69) is 0 Å². The first-order valence-electron chi connectivity index (χ1n) is 3.99. The van der Waals surface area contributed by atoms with Crippen LogP contribution in [0.2, 0.25) is 0 Å². The molecular formula is C8H13O2-. The van der Waals surface area contributed by atoms with Gasteiger partial charge in [-0.3, -0.25) is 0 Å². The molecule has 0 aliphatic heterocycles. The molecule has 0 unspecified atom stereocenters. The van der Waals surface area contributed by atoms with Gasteiger partial charge in [0.05, 0.1) is 0 Å². The van der Waals surface area contributed by atoms with Crippen molar-refractivity contribution >= 4 is 5.97 Å². The summed E-state index contributed by atoms with van der Waals surface area (Å²) < 4.78 is 0. The van der Waals surface area contributed by atoms with E-state index >= 15 is 0 Å². The molecule has 2 nitrogen and oxygen atoms in total. The molecule has 1 fully saturated rings. The Hall–Kier alpha value is -0.530. The summed E-state index contributed by atoms with van der Waals surface area (Å²) >= 11 is 0. The largest absolute Gasteiger partial charge is 0.550 e. The van der Waals surface area contributed by atoms with Crippen LogP contribution >= 0.6 is 0 Å². The lowest BCUT2D eigenvalue weighted by Gasteiger charge is -2.21. The number of carboxylic acid groups (broad SMARTS) is 1. The van der Waals surface area contributed by atoms with Crippen LogP contribution in [0, 0.1) is 5.92 Å². The summed E-state index contributed by atoms with van der Waals surface area (Å²) in [6.07, 6.45) is 6.15. The van der Waals surface area contributed by atoms with Crippen LogP contribution in [0.25, 0.3) is 0 Å². The van der Waals surface area contributed by atoms with Gasteiger partial charge in [-0.1, -0.05) is 32.1 Å². The Morgan fingerprint density at radius 1 is 1.30 bits per heavy atom. The minimum absolute atomic E-state index is 0.278. The van der Waals surface area contributed by atoms with Crippen molar-refractivity contribution in [2.24, 2.45) is 5.92 Å². The molecule has 1 rings (SSSR count). The average molecular weight is 141 g/mol. The number of carbonyl (C=O) groups excluding carboxylic acids is 1. The standard InChI is InChI=1S/C8H14O2/c9-8(10)6-7-4-2-1-3-5-7/h7H,1-6H2,(H,9,10)/p-1. The van der Waals surface area contributed by atoms with Crippen LogP contribution < -0.4 is 5.11 Å². The summed E-state index contributed by atoms with van der Waals surface area (Å²) in [5.41, 5.74) is 0. The molecule has 2 heteroatoms. The number of rotatable bonds is 2. The van der Waals surface area contributed by atoms with Crippen molar-refractivity contribution in [2.75, 3.05) is 0 Å². The van der Waals surface area contributed by atoms with Crippen molar-refractivity contribution in [3.63, 3.8) is 0 Å². The third-order valence-electron chi connectivity index (χ3n) is 2.18. The highest BCUT2D eigenvalue weighted by atomic mass is 16.4. The fourth-order valence-electron chi connectivity index (χ4n) is 1.63. The molecule has 0 aromatic carbocycles. The first kappa shape index (κ1) is 7.58. The molecule has 1 aliphatic carbocycles. The summed E-state index contributed by atoms with van der Waals surface area (Å²) in [4.78, 5) is 10.2. The zero-order chi connectivity index (χ0) is 7.40. The third kappa shape index (κ3) is 2.38. The molecule has 0 atom stereocenters. The Morgan fingerprint density at radius 3 is 2.40 bits per heavy atom. The molecule has 0 heterocycles. The molecule has 10 heavy (non-hydrogen) atoms. The van der Waals surface area contributed by atoms with Crippen molar-refractivity contribution in [2.45, 2.75) is 38.5 Å². The van der Waals surface area contributed by atoms with Crippen molar-refractivity contribution in [1.82, 2.24) is 0 Å². The molecule has 1 aliphatic rings. The van der Waals surface area contributed by atoms with Crippen LogP contribution in [0.15, 0.2) is 0 Å². The van der Waals surface area contributed by atoms with Gasteiger partial charge in [0.25, 0.3) is 0 Å². The van der Waals surface area contributed by atoms with Gasteiger partial charge in [-0.2, -0.15) is 0 Å². The molecule has 0 aromatic heterocycles. The van der Waals surface area contributed by atoms with Crippen molar-refractivity contribution in [1.29, 1.82) is 0 Å². The molecule has 1 saturated carbocycles. The Morgan fingerprint density at radius 2 is 1.90 bits per heavy atom. The van der Waals surface area contributed by atoms with E-state index in [4.69, 9.17) is 0 Å². The Labute approximate surface area is 61.2 Å². The maximum Gasteiger partial charge on any atom is 0.0417 e. The first-order valence-corrected chi connectivity index (χ1v) is 3.99. The Bertz CT molecular complexity index is 114. The van der Waals surface area contributed by atoms with Gasteiger partial charge in [-0.15, -0.1) is 0 Å². The van der Waals surface area contributed by atoms with Crippen molar-refractivity contribution in [3.8, 4) is 0 Å². The second-order valence-corrected chi connectivity index (χ2v) is 3.08. The number of hydrogen-bond acceptors (Lipinski definition) is 2. The van der Waals surface area contributed by atoms with E-state index in [0.29, 0.717) is 5.92 Å². The smallest absolute Gasteiger partial charge is 0.0417 e. The van der Waals surface area contributed by atoms with E-state index in [0.717, 1.165) is 12.8 Å². The molecule has 0 spiro atoms. The molecule has 0 bridgehead atoms. The van der Waals surface area contributed by atoms with E-state index in [-0.39, 0.29) is 6.42 Å². The monoisotopic (exact) mass is 141 g/mol. The molecule has 0 radical (unpaired) electrons. The summed E-state index contributed by atoms with van der Waals surface area (Å²) in [7, 11) is 0. The van der Waals surface area contributed by atoms with E-state index in [9.17, 15) is 9.90 Å². The van der Waals surface area contributed by atoms with Gasteiger partial charge in [0.1, 0.15) is 0 Å². The van der Waals surface area contributed by atoms with Crippen LogP contribution in [0.4, 0.5) is 0 Å². The van der Waals surface area contributed by atoms with Crippen molar-refractivity contribution < 1.29 is 9.90 Å². The normalized spacial score (nSPS) is 20.8. The van der Waals surface area contributed by atoms with Gasteiger partial charge in [0.15, 0.2) is 0 Å². The summed E-state index contributed by atoms with van der Waals surface area (Å²) in [6, 6.07) is 0. The lowest BCUT2D eigenvalue weighted by molar-refractivity contribution is -0.307. The van der Waals surface area contributed by atoms with Gasteiger partial charge in [-0.25, -0.2) is 0 Å². The van der Waals surface area contributed by atoms with E-state index in [1.165, 1.54) is 19.3 Å². The molecule has 0 aromatic rings. The Kier molecular flexibility index (Phi) is 2.72. The molecule has 0 N–H and O–H groups in total. The second-order valence-electron chi connectivity index (χ2n) is 3.08. The lowest BCUT2D eigenvalue weighted by Crippen LogP contribution is -2.25. The van der Waals surface area contributed by atoms with Crippen LogP contribution in [-0.4, -0.2) is 5.97 Å². The maximum atomic E-state index is 10.2. The molecule has 0 saturated heterocycles. The predicted molar refractivity (Wildman–Crippen MR) is 36.2 cm³/mol. The molecule has 0 amide bonds. The highest BCUT2D eigenvalue weighted by Gasteiger charge is 2.12. The fourth-order valence-corrected chi connectivity index (χ4v) is 1.63. The van der Waals surface area contributed by atoms with Crippen LogP contribution in [0.5, 0.6) is 0 Å². The molecular weight excluding hydrogens is 128 g/mol. The zero-order valence-corrected chi connectivity index (χ0v) is 6.14. The fraction of sp³-hybridized carbons (Fsp3) is 0.875. The van der Waals surface area contributed by atoms with Gasteiger partial charge in [0.2, 0.25) is 0 Å². The summed E-state index contributed by atoms with van der Waals surface area (Å²) in [5, 5.41) is 10.2. The van der Waals surface area contributed by atoms with Crippen LogP contribution in [-0.2, 0) is 4.79 Å². The van der Waals surface area contributed by atoms with Gasteiger partial charge in [0, 0.05) is 5.97 Å². The number of aliphatic carboxylic acids is 1. The second kappa shape index (κ2) is 3.59. The lowest BCUT2D eigenvalue weighted by atomic mass is 9.87. The minimum atomic E-state index is -0.882. The molecule has 58 valence electrons. The minimum Gasteiger partial charge on any atom is -0.550 e. The highest BCUT2D eigenvalue weighted by molar-refractivity contribution is 5.64. The Balaban J connectivity index is 2.19. The average Bonchev–Trinajstić information content (AvgIpc) is 1.88. The first-order chi connectivity index (χ1) is 4.79. The number of carbonyl (C=O) groups is 1. The van der Waals surface area contributed by atoms with Gasteiger partial charge >= 0.3 is 0 Å². The van der Waals surface area contributed by atoms with Gasteiger partial charge in [-0.05, 0) is 12.3 Å². The third-order valence-corrected chi connectivity index (χ3v) is 2.18. The summed E-state index contributed by atoms with van der Waals surface area (Å²) in [5.74, 6) is -0.467. The van der Waals surface area contributed by atoms with Crippen LogP contribution in [0.3, 0.4) is 0 Å². The number of hydrogen-bond donors (Lipinski definition) is 0. The highest BCUT2D eigenvalue weighted by Crippen LogP contribution is 2.25. The summed E-state index contributed by atoms with van der Waals surface area (Å²) in [6.45, 7) is 0. The van der Waals surface area contributed by atoms with Gasteiger partial charge < -0.3 is 9.90 Å². The number of carboxylic acids is 1. The SMILES string of the molecule is O=C([O-])CC1CCCCC1. The quantitative estimate of drug-likeness (QED) is 0.568. The topological polar surface area (TPSA) is 40.1 Å². The van der Waals surface area contributed by atoms with Crippen molar-refractivity contribution in [3.05, 3.63) is 0 Å². The maximum absolute atomic E-state index is 10.2. The van der Waals surface area contributed by atoms with E-state index in [1.54, 1.807) is 0 Å². The zero-order valence-electron chi connectivity index (χ0n) is 6.14. The van der Waals surface area contributed by atoms with E-state index in [1.807, 2.05) is 0 Å².